The molecule has 1 aliphatic rings. The van der Waals surface area contributed by atoms with Crippen LogP contribution in [0.25, 0.3) is 10.9 Å². The fourth-order valence-corrected chi connectivity index (χ4v) is 3.74. The average Bonchev–Trinajstić information content (AvgIpc) is 3.26. The van der Waals surface area contributed by atoms with Crippen molar-refractivity contribution in [2.75, 3.05) is 20.2 Å². The molecule has 1 aromatic carbocycles. The summed E-state index contributed by atoms with van der Waals surface area (Å²) in [6, 6.07) is 5.75. The van der Waals surface area contributed by atoms with Crippen LogP contribution >= 0.6 is 0 Å². The number of rotatable bonds is 3. The standard InChI is InChI=1S/C19H22N4O2/c1-12-9-21-22-18(12)13-4-3-7-23(11-13)19(24)16-10-20-17-6-5-14(25-2)8-15(16)17/h5-6,8-10,13,20H,3-4,7,11H2,1-2H3,(H,21,22). The number of methoxy groups -OCH3 is 1. The van der Waals surface area contributed by atoms with Gasteiger partial charge in [0, 0.05) is 41.8 Å². The van der Waals surface area contributed by atoms with Crippen molar-refractivity contribution in [1.29, 1.82) is 0 Å². The molecule has 1 fully saturated rings. The van der Waals surface area contributed by atoms with Gasteiger partial charge in [-0.15, -0.1) is 0 Å². The highest BCUT2D eigenvalue weighted by atomic mass is 16.5. The molecule has 1 amide bonds. The molecule has 0 radical (unpaired) electrons. The van der Waals surface area contributed by atoms with Crippen molar-refractivity contribution in [1.82, 2.24) is 20.1 Å². The molecule has 0 aliphatic carbocycles. The number of carbonyl (C=O) groups excluding carboxylic acids is 1. The molecule has 2 aromatic heterocycles. The third-order valence-electron chi connectivity index (χ3n) is 5.10. The van der Waals surface area contributed by atoms with Gasteiger partial charge in [0.15, 0.2) is 0 Å². The molecule has 1 saturated heterocycles. The van der Waals surface area contributed by atoms with Gasteiger partial charge in [0.1, 0.15) is 5.75 Å². The van der Waals surface area contributed by atoms with Gasteiger partial charge in [0.2, 0.25) is 0 Å². The third-order valence-corrected chi connectivity index (χ3v) is 5.10. The summed E-state index contributed by atoms with van der Waals surface area (Å²) >= 11 is 0. The van der Waals surface area contributed by atoms with E-state index in [2.05, 4.69) is 22.1 Å². The SMILES string of the molecule is COc1ccc2[nH]cc(C(=O)N3CCCC(c4[nH]ncc4C)C3)c2c1. The summed E-state index contributed by atoms with van der Waals surface area (Å²) in [6.07, 6.45) is 5.73. The maximum absolute atomic E-state index is 13.1. The molecule has 0 bridgehead atoms. The van der Waals surface area contributed by atoms with Crippen molar-refractivity contribution in [2.45, 2.75) is 25.7 Å². The average molecular weight is 338 g/mol. The van der Waals surface area contributed by atoms with Gasteiger partial charge in [-0.1, -0.05) is 0 Å². The Balaban J connectivity index is 1.61. The van der Waals surface area contributed by atoms with E-state index in [1.54, 1.807) is 13.3 Å². The number of aromatic nitrogens is 3. The number of benzene rings is 1. The monoisotopic (exact) mass is 338 g/mol. The van der Waals surface area contributed by atoms with E-state index in [4.69, 9.17) is 4.74 Å². The number of aromatic amines is 2. The number of ether oxygens (including phenoxy) is 1. The van der Waals surface area contributed by atoms with Gasteiger partial charge in [0.05, 0.1) is 18.9 Å². The van der Waals surface area contributed by atoms with E-state index >= 15 is 0 Å². The van der Waals surface area contributed by atoms with Gasteiger partial charge in [-0.05, 0) is 43.5 Å². The molecule has 130 valence electrons. The minimum Gasteiger partial charge on any atom is -0.497 e. The Kier molecular flexibility index (Phi) is 3.95. The zero-order chi connectivity index (χ0) is 17.4. The molecule has 0 spiro atoms. The summed E-state index contributed by atoms with van der Waals surface area (Å²) in [5.41, 5.74) is 3.97. The number of hydrogen-bond acceptors (Lipinski definition) is 3. The molecule has 4 rings (SSSR count). The number of likely N-dealkylation sites (tertiary alicyclic amines) is 1. The molecule has 1 atom stereocenters. The fraction of sp³-hybridized carbons (Fsp3) is 0.368. The first kappa shape index (κ1) is 15.7. The maximum atomic E-state index is 13.1. The Hall–Kier alpha value is -2.76. The minimum atomic E-state index is 0.0707. The number of aryl methyl sites for hydroxylation is 1. The number of nitrogens with one attached hydrogen (secondary N) is 2. The van der Waals surface area contributed by atoms with Crippen LogP contribution in [0.4, 0.5) is 0 Å². The molecule has 6 heteroatoms. The molecule has 25 heavy (non-hydrogen) atoms. The van der Waals surface area contributed by atoms with Crippen LogP contribution in [0, 0.1) is 6.92 Å². The molecular formula is C19H22N4O2. The molecule has 2 N–H and O–H groups in total. The van der Waals surface area contributed by atoms with E-state index < -0.39 is 0 Å². The summed E-state index contributed by atoms with van der Waals surface area (Å²) in [5, 5.41) is 8.14. The molecule has 3 heterocycles. The Labute approximate surface area is 146 Å². The van der Waals surface area contributed by atoms with Gasteiger partial charge < -0.3 is 14.6 Å². The van der Waals surface area contributed by atoms with Crippen molar-refractivity contribution in [3.8, 4) is 5.75 Å². The molecule has 3 aromatic rings. The number of carbonyl (C=O) groups is 1. The summed E-state index contributed by atoms with van der Waals surface area (Å²) in [7, 11) is 1.64. The Morgan fingerprint density at radius 3 is 3.04 bits per heavy atom. The van der Waals surface area contributed by atoms with Gasteiger partial charge in [-0.2, -0.15) is 5.10 Å². The van der Waals surface area contributed by atoms with Crippen LogP contribution in [0.1, 0.15) is 40.4 Å². The zero-order valence-corrected chi connectivity index (χ0v) is 14.5. The number of fused-ring (bicyclic) bond motifs is 1. The third kappa shape index (κ3) is 2.77. The van der Waals surface area contributed by atoms with Crippen LogP contribution in [0.2, 0.25) is 0 Å². The number of hydrogen-bond donors (Lipinski definition) is 2. The highest BCUT2D eigenvalue weighted by Crippen LogP contribution is 2.30. The first-order valence-electron chi connectivity index (χ1n) is 8.61. The van der Waals surface area contributed by atoms with Gasteiger partial charge in [-0.3, -0.25) is 9.89 Å². The highest BCUT2D eigenvalue weighted by Gasteiger charge is 2.28. The number of H-pyrrole nitrogens is 2. The van der Waals surface area contributed by atoms with Crippen LogP contribution < -0.4 is 4.74 Å². The summed E-state index contributed by atoms with van der Waals surface area (Å²) in [5.74, 6) is 1.15. The van der Waals surface area contributed by atoms with Crippen molar-refractivity contribution in [3.05, 3.63) is 47.4 Å². The Morgan fingerprint density at radius 2 is 2.28 bits per heavy atom. The second-order valence-corrected chi connectivity index (χ2v) is 6.67. The first-order valence-corrected chi connectivity index (χ1v) is 8.61. The van der Waals surface area contributed by atoms with Crippen LogP contribution in [0.15, 0.2) is 30.6 Å². The molecule has 1 aliphatic heterocycles. The fourth-order valence-electron chi connectivity index (χ4n) is 3.74. The van der Waals surface area contributed by atoms with Gasteiger partial charge in [-0.25, -0.2) is 0 Å². The number of piperidine rings is 1. The van der Waals surface area contributed by atoms with Crippen molar-refractivity contribution < 1.29 is 9.53 Å². The lowest BCUT2D eigenvalue weighted by molar-refractivity contribution is 0.0707. The topological polar surface area (TPSA) is 74.0 Å². The van der Waals surface area contributed by atoms with E-state index in [0.717, 1.165) is 53.8 Å². The maximum Gasteiger partial charge on any atom is 0.256 e. The largest absolute Gasteiger partial charge is 0.497 e. The number of amides is 1. The zero-order valence-electron chi connectivity index (χ0n) is 14.5. The van der Waals surface area contributed by atoms with Crippen LogP contribution in [-0.4, -0.2) is 46.2 Å². The molecular weight excluding hydrogens is 316 g/mol. The van der Waals surface area contributed by atoms with Gasteiger partial charge in [0.25, 0.3) is 5.91 Å². The lowest BCUT2D eigenvalue weighted by Gasteiger charge is -2.32. The molecule has 0 saturated carbocycles. The smallest absolute Gasteiger partial charge is 0.256 e. The second-order valence-electron chi connectivity index (χ2n) is 6.67. The molecule has 1 unspecified atom stereocenters. The summed E-state index contributed by atoms with van der Waals surface area (Å²) < 4.78 is 5.30. The number of nitrogens with zero attached hydrogens (tertiary/aromatic N) is 2. The first-order chi connectivity index (χ1) is 12.2. The van der Waals surface area contributed by atoms with E-state index in [0.29, 0.717) is 11.5 Å². The van der Waals surface area contributed by atoms with E-state index in [-0.39, 0.29) is 5.91 Å². The van der Waals surface area contributed by atoms with Crippen LogP contribution in [0.5, 0.6) is 5.75 Å². The lowest BCUT2D eigenvalue weighted by Crippen LogP contribution is -2.39. The van der Waals surface area contributed by atoms with Crippen molar-refractivity contribution >= 4 is 16.8 Å². The van der Waals surface area contributed by atoms with Crippen LogP contribution in [-0.2, 0) is 0 Å². The van der Waals surface area contributed by atoms with E-state index in [1.807, 2.05) is 29.3 Å². The quantitative estimate of drug-likeness (QED) is 0.770. The summed E-state index contributed by atoms with van der Waals surface area (Å²) in [4.78, 5) is 18.3. The Morgan fingerprint density at radius 1 is 1.40 bits per heavy atom. The minimum absolute atomic E-state index is 0.0707. The predicted octanol–water partition coefficient (Wildman–Crippen LogP) is 3.23. The molecule has 6 nitrogen and oxygen atoms in total. The predicted molar refractivity (Wildman–Crippen MR) is 96.1 cm³/mol. The highest BCUT2D eigenvalue weighted by molar-refractivity contribution is 6.07. The van der Waals surface area contributed by atoms with Crippen molar-refractivity contribution in [3.63, 3.8) is 0 Å². The second kappa shape index (κ2) is 6.27. The Bertz CT molecular complexity index is 911. The summed E-state index contributed by atoms with van der Waals surface area (Å²) in [6.45, 7) is 3.57. The van der Waals surface area contributed by atoms with Crippen molar-refractivity contribution in [2.24, 2.45) is 0 Å². The van der Waals surface area contributed by atoms with Gasteiger partial charge >= 0.3 is 0 Å². The normalized spacial score (nSPS) is 17.8. The van der Waals surface area contributed by atoms with E-state index in [1.165, 1.54) is 0 Å². The van der Waals surface area contributed by atoms with E-state index in [9.17, 15) is 4.79 Å². The van der Waals surface area contributed by atoms with Crippen LogP contribution in [0.3, 0.4) is 0 Å². The lowest BCUT2D eigenvalue weighted by atomic mass is 9.92.